The number of Topliss-reactive ketones (excluding diaryl/α,β-unsaturated/α-hetero) is 1. The summed E-state index contributed by atoms with van der Waals surface area (Å²) in [6.07, 6.45) is 0. The molecular weight excluding hydrogens is 260 g/mol. The molecule has 0 amide bonds. The van der Waals surface area contributed by atoms with E-state index < -0.39 is 11.8 Å². The Kier molecular flexibility index (Phi) is 4.39. The summed E-state index contributed by atoms with van der Waals surface area (Å²) in [5.74, 6) is -0.937. The van der Waals surface area contributed by atoms with Crippen LogP contribution in [0.1, 0.15) is 24.2 Å². The van der Waals surface area contributed by atoms with Crippen LogP contribution in [0.4, 0.5) is 0 Å². The van der Waals surface area contributed by atoms with Gasteiger partial charge >= 0.3 is 5.97 Å². The summed E-state index contributed by atoms with van der Waals surface area (Å²) in [6.45, 7) is 5.78. The number of carbonyl (C=O) groups is 2. The highest BCUT2D eigenvalue weighted by atomic mass is 16.5. The lowest BCUT2D eigenvalue weighted by Gasteiger charge is -2.37. The van der Waals surface area contributed by atoms with E-state index in [0.717, 1.165) is 0 Å². The molecule has 1 aliphatic rings. The zero-order valence-electron chi connectivity index (χ0n) is 11.7. The number of rotatable bonds is 6. The third-order valence-electron chi connectivity index (χ3n) is 3.05. The Labute approximate surface area is 117 Å². The lowest BCUT2D eigenvalue weighted by Crippen LogP contribution is -2.44. The molecule has 2 rings (SSSR count). The average molecular weight is 278 g/mol. The van der Waals surface area contributed by atoms with Crippen molar-refractivity contribution in [3.05, 3.63) is 29.8 Å². The first-order chi connectivity index (χ1) is 9.54. The van der Waals surface area contributed by atoms with Crippen LogP contribution in [0.25, 0.3) is 0 Å². The Morgan fingerprint density at radius 2 is 2.10 bits per heavy atom. The van der Waals surface area contributed by atoms with Crippen molar-refractivity contribution in [2.45, 2.75) is 13.8 Å². The molecule has 1 heterocycles. The Bertz CT molecular complexity index is 505. The maximum Gasteiger partial charge on any atom is 0.379 e. The molecule has 0 atom stereocenters. The van der Waals surface area contributed by atoms with Crippen molar-refractivity contribution >= 4 is 11.8 Å². The van der Waals surface area contributed by atoms with Gasteiger partial charge in [-0.1, -0.05) is 19.1 Å². The van der Waals surface area contributed by atoms with Gasteiger partial charge in [0.05, 0.1) is 26.4 Å². The maximum atomic E-state index is 11.8. The van der Waals surface area contributed by atoms with Crippen molar-refractivity contribution < 1.29 is 23.8 Å². The van der Waals surface area contributed by atoms with Crippen molar-refractivity contribution in [2.24, 2.45) is 5.41 Å². The SMILES string of the molecule is CCOC(=O)C(=O)c1cccc(OCC2(C)COC2)c1. The molecule has 108 valence electrons. The van der Waals surface area contributed by atoms with Gasteiger partial charge in [-0.05, 0) is 19.1 Å². The summed E-state index contributed by atoms with van der Waals surface area (Å²) in [6, 6.07) is 6.56. The van der Waals surface area contributed by atoms with Crippen LogP contribution in [-0.2, 0) is 14.3 Å². The topological polar surface area (TPSA) is 61.8 Å². The van der Waals surface area contributed by atoms with Gasteiger partial charge in [-0.25, -0.2) is 4.79 Å². The van der Waals surface area contributed by atoms with E-state index in [2.05, 4.69) is 6.92 Å². The molecule has 0 aromatic heterocycles. The van der Waals surface area contributed by atoms with Gasteiger partial charge in [-0.3, -0.25) is 4.79 Å². The molecule has 0 radical (unpaired) electrons. The predicted molar refractivity (Wildman–Crippen MR) is 71.8 cm³/mol. The fraction of sp³-hybridized carbons (Fsp3) is 0.467. The van der Waals surface area contributed by atoms with E-state index in [1.807, 2.05) is 0 Å². The molecule has 0 aliphatic carbocycles. The lowest BCUT2D eigenvalue weighted by atomic mass is 9.90. The Balaban J connectivity index is 2.00. The highest BCUT2D eigenvalue weighted by Crippen LogP contribution is 2.27. The van der Waals surface area contributed by atoms with Crippen molar-refractivity contribution in [2.75, 3.05) is 26.4 Å². The largest absolute Gasteiger partial charge is 0.493 e. The Hall–Kier alpha value is -1.88. The van der Waals surface area contributed by atoms with E-state index >= 15 is 0 Å². The maximum absolute atomic E-state index is 11.8. The zero-order valence-corrected chi connectivity index (χ0v) is 11.7. The van der Waals surface area contributed by atoms with E-state index in [0.29, 0.717) is 25.6 Å². The van der Waals surface area contributed by atoms with Gasteiger partial charge in [0.25, 0.3) is 5.78 Å². The summed E-state index contributed by atoms with van der Waals surface area (Å²) in [4.78, 5) is 23.2. The smallest absolute Gasteiger partial charge is 0.379 e. The molecule has 5 heteroatoms. The van der Waals surface area contributed by atoms with Gasteiger partial charge < -0.3 is 14.2 Å². The van der Waals surface area contributed by atoms with Crippen LogP contribution in [0, 0.1) is 5.41 Å². The van der Waals surface area contributed by atoms with Crippen LogP contribution in [0.3, 0.4) is 0 Å². The van der Waals surface area contributed by atoms with Crippen LogP contribution >= 0.6 is 0 Å². The van der Waals surface area contributed by atoms with Gasteiger partial charge in [-0.2, -0.15) is 0 Å². The summed E-state index contributed by atoms with van der Waals surface area (Å²) in [5, 5.41) is 0. The van der Waals surface area contributed by atoms with Crippen LogP contribution in [0.15, 0.2) is 24.3 Å². The minimum atomic E-state index is -0.844. The highest BCUT2D eigenvalue weighted by molar-refractivity contribution is 6.40. The number of esters is 1. The van der Waals surface area contributed by atoms with Crippen molar-refractivity contribution in [3.8, 4) is 5.75 Å². The average Bonchev–Trinajstić information content (AvgIpc) is 2.43. The van der Waals surface area contributed by atoms with E-state index in [9.17, 15) is 9.59 Å². The first-order valence-electron chi connectivity index (χ1n) is 6.56. The molecule has 20 heavy (non-hydrogen) atoms. The number of carbonyl (C=O) groups excluding carboxylic acids is 2. The molecule has 0 saturated carbocycles. The standard InChI is InChI=1S/C15H18O5/c1-3-19-14(17)13(16)11-5-4-6-12(7-11)20-10-15(2)8-18-9-15/h4-7H,3,8-10H2,1-2H3. The normalized spacial score (nSPS) is 16.1. The Morgan fingerprint density at radius 3 is 2.70 bits per heavy atom. The molecular formula is C15H18O5. The van der Waals surface area contributed by atoms with Gasteiger partial charge in [-0.15, -0.1) is 0 Å². The predicted octanol–water partition coefficient (Wildman–Crippen LogP) is 1.85. The summed E-state index contributed by atoms with van der Waals surface area (Å²) < 4.78 is 15.5. The second kappa shape index (κ2) is 6.05. The molecule has 1 saturated heterocycles. The molecule has 1 aromatic carbocycles. The minimum Gasteiger partial charge on any atom is -0.493 e. The molecule has 0 spiro atoms. The van der Waals surface area contributed by atoms with E-state index in [-0.39, 0.29) is 17.6 Å². The van der Waals surface area contributed by atoms with E-state index in [1.54, 1.807) is 31.2 Å². The monoisotopic (exact) mass is 278 g/mol. The molecule has 1 fully saturated rings. The fourth-order valence-corrected chi connectivity index (χ4v) is 1.83. The van der Waals surface area contributed by atoms with Crippen LogP contribution in [-0.4, -0.2) is 38.2 Å². The molecule has 0 unspecified atom stereocenters. The summed E-state index contributed by atoms with van der Waals surface area (Å²) in [7, 11) is 0. The van der Waals surface area contributed by atoms with E-state index in [4.69, 9.17) is 14.2 Å². The van der Waals surface area contributed by atoms with Crippen LogP contribution < -0.4 is 4.74 Å². The van der Waals surface area contributed by atoms with Crippen molar-refractivity contribution in [3.63, 3.8) is 0 Å². The lowest BCUT2D eigenvalue weighted by molar-refractivity contribution is -0.137. The van der Waals surface area contributed by atoms with Gasteiger partial charge in [0.1, 0.15) is 5.75 Å². The van der Waals surface area contributed by atoms with Gasteiger partial charge in [0, 0.05) is 11.0 Å². The number of hydrogen-bond acceptors (Lipinski definition) is 5. The summed E-state index contributed by atoms with van der Waals surface area (Å²) in [5.41, 5.74) is 0.303. The van der Waals surface area contributed by atoms with Crippen molar-refractivity contribution in [1.82, 2.24) is 0 Å². The van der Waals surface area contributed by atoms with Gasteiger partial charge in [0.2, 0.25) is 0 Å². The van der Waals surface area contributed by atoms with Gasteiger partial charge in [0.15, 0.2) is 0 Å². The first-order valence-corrected chi connectivity index (χ1v) is 6.56. The molecule has 1 aromatic rings. The third-order valence-corrected chi connectivity index (χ3v) is 3.05. The number of benzene rings is 1. The third kappa shape index (κ3) is 3.36. The fourth-order valence-electron chi connectivity index (χ4n) is 1.83. The zero-order chi connectivity index (χ0) is 14.6. The number of ether oxygens (including phenoxy) is 3. The molecule has 1 aliphatic heterocycles. The number of hydrogen-bond donors (Lipinski definition) is 0. The highest BCUT2D eigenvalue weighted by Gasteiger charge is 2.34. The molecule has 5 nitrogen and oxygen atoms in total. The first kappa shape index (κ1) is 14.5. The quantitative estimate of drug-likeness (QED) is 0.451. The Morgan fingerprint density at radius 1 is 1.35 bits per heavy atom. The summed E-state index contributed by atoms with van der Waals surface area (Å²) >= 11 is 0. The van der Waals surface area contributed by atoms with Crippen molar-refractivity contribution in [1.29, 1.82) is 0 Å². The van der Waals surface area contributed by atoms with E-state index in [1.165, 1.54) is 0 Å². The van der Waals surface area contributed by atoms with Crippen LogP contribution in [0.5, 0.6) is 5.75 Å². The van der Waals surface area contributed by atoms with Crippen LogP contribution in [0.2, 0.25) is 0 Å². The second-order valence-electron chi connectivity index (χ2n) is 5.17. The molecule has 0 N–H and O–H groups in total. The molecule has 0 bridgehead atoms. The number of ketones is 1. The second-order valence-corrected chi connectivity index (χ2v) is 5.17. The minimum absolute atomic E-state index is 0.0289.